The first-order valence-electron chi connectivity index (χ1n) is 8.00. The molecule has 0 bridgehead atoms. The zero-order chi connectivity index (χ0) is 17.3. The maximum absolute atomic E-state index is 5.38. The van der Waals surface area contributed by atoms with E-state index in [2.05, 4.69) is 87.5 Å². The Kier molecular flexibility index (Phi) is 4.95. The highest BCUT2D eigenvalue weighted by Crippen LogP contribution is 2.27. The molecule has 1 aliphatic rings. The molecule has 0 saturated heterocycles. The van der Waals surface area contributed by atoms with Crippen molar-refractivity contribution in [1.82, 2.24) is 5.32 Å². The third-order valence-corrected chi connectivity index (χ3v) is 4.15. The lowest BCUT2D eigenvalue weighted by molar-refractivity contribution is 0.499. The average Bonchev–Trinajstić information content (AvgIpc) is 2.86. The molecule has 0 spiro atoms. The molecule has 1 heterocycles. The number of nitrogens with one attached hydrogen (secondary N) is 2. The van der Waals surface area contributed by atoms with E-state index in [1.807, 2.05) is 0 Å². The predicted molar refractivity (Wildman–Crippen MR) is 104 cm³/mol. The summed E-state index contributed by atoms with van der Waals surface area (Å²) in [5, 5.41) is 6.95. The molecule has 124 valence electrons. The summed E-state index contributed by atoms with van der Waals surface area (Å²) in [5.74, 6) is 0.832. The molecule has 0 radical (unpaired) electrons. The molecule has 0 aromatic heterocycles. The molecule has 0 saturated carbocycles. The Morgan fingerprint density at radius 1 is 0.957 bits per heavy atom. The summed E-state index contributed by atoms with van der Waals surface area (Å²) >= 11 is 5.38. The van der Waals surface area contributed by atoms with Crippen LogP contribution < -0.4 is 10.6 Å². The van der Waals surface area contributed by atoms with Crippen LogP contribution in [0.1, 0.15) is 47.1 Å². The van der Waals surface area contributed by atoms with Gasteiger partial charge in [0.25, 0.3) is 0 Å². The topological polar surface area (TPSA) is 36.4 Å². The van der Waals surface area contributed by atoms with Gasteiger partial charge >= 0.3 is 0 Å². The second-order valence-corrected chi connectivity index (χ2v) is 8.44. The summed E-state index contributed by atoms with van der Waals surface area (Å²) in [5.41, 5.74) is 3.90. The van der Waals surface area contributed by atoms with Gasteiger partial charge in [-0.25, -0.2) is 0 Å². The van der Waals surface area contributed by atoms with E-state index in [9.17, 15) is 0 Å². The van der Waals surface area contributed by atoms with Crippen LogP contribution in [-0.4, -0.2) is 17.5 Å². The molecule has 4 heteroatoms. The Morgan fingerprint density at radius 3 is 2.04 bits per heavy atom. The lowest BCUT2D eigenvalue weighted by atomic mass is 9.87. The van der Waals surface area contributed by atoms with E-state index < -0.39 is 0 Å². The smallest absolute Gasteiger partial charge is 0.176 e. The van der Waals surface area contributed by atoms with Crippen molar-refractivity contribution >= 4 is 28.9 Å². The quantitative estimate of drug-likeness (QED) is 0.736. The minimum absolute atomic E-state index is 0.144. The number of amidine groups is 1. The summed E-state index contributed by atoms with van der Waals surface area (Å²) < 4.78 is 0. The zero-order valence-electron chi connectivity index (χ0n) is 14.9. The van der Waals surface area contributed by atoms with E-state index in [0.29, 0.717) is 5.11 Å². The lowest BCUT2D eigenvalue weighted by Crippen LogP contribution is -2.32. The van der Waals surface area contributed by atoms with Crippen LogP contribution in [0.3, 0.4) is 0 Å². The molecule has 1 aromatic rings. The van der Waals surface area contributed by atoms with Crippen molar-refractivity contribution in [2.75, 3.05) is 11.9 Å². The predicted octanol–water partition coefficient (Wildman–Crippen LogP) is 4.66. The Hall–Kier alpha value is -1.68. The van der Waals surface area contributed by atoms with E-state index in [1.165, 1.54) is 11.1 Å². The van der Waals surface area contributed by atoms with Gasteiger partial charge in [-0.05, 0) is 52.4 Å². The molecular weight excluding hydrogens is 302 g/mol. The molecule has 0 aliphatic carbocycles. The van der Waals surface area contributed by atoms with Crippen molar-refractivity contribution in [1.29, 1.82) is 0 Å². The minimum atomic E-state index is 0.144. The molecule has 2 N–H and O–H groups in total. The lowest BCUT2D eigenvalue weighted by Gasteiger charge is -2.19. The summed E-state index contributed by atoms with van der Waals surface area (Å²) in [6, 6.07) is 8.38. The van der Waals surface area contributed by atoms with Gasteiger partial charge in [0, 0.05) is 5.69 Å². The third-order valence-electron chi connectivity index (χ3n) is 3.94. The number of rotatable bonds is 1. The summed E-state index contributed by atoms with van der Waals surface area (Å²) in [7, 11) is 0. The number of benzene rings is 1. The van der Waals surface area contributed by atoms with Crippen LogP contribution in [0, 0.1) is 5.41 Å². The van der Waals surface area contributed by atoms with E-state index in [0.717, 1.165) is 18.1 Å². The highest BCUT2D eigenvalue weighted by atomic mass is 32.1. The molecule has 1 aliphatic heterocycles. The molecule has 0 unspecified atom stereocenters. The maximum atomic E-state index is 5.38. The number of hydrogen-bond donors (Lipinski definition) is 2. The average molecular weight is 330 g/mol. The number of hydrogen-bond acceptors (Lipinski definition) is 2. The van der Waals surface area contributed by atoms with Crippen molar-refractivity contribution < 1.29 is 0 Å². The Bertz CT molecular complexity index is 641. The van der Waals surface area contributed by atoms with Crippen LogP contribution in [0.15, 0.2) is 40.9 Å². The summed E-state index contributed by atoms with van der Waals surface area (Å²) in [6.45, 7) is 14.0. The van der Waals surface area contributed by atoms with Crippen molar-refractivity contribution in [3.05, 3.63) is 41.5 Å². The SMILES string of the molecule is CC(C)(C)C1=CC(NC(=S)Nc2ccc(C(C)(C)C)cc2)=NC1. The molecule has 3 nitrogen and oxygen atoms in total. The highest BCUT2D eigenvalue weighted by Gasteiger charge is 2.21. The van der Waals surface area contributed by atoms with Crippen molar-refractivity contribution in [2.45, 2.75) is 47.0 Å². The number of aliphatic imine (C=N–C) groups is 1. The van der Waals surface area contributed by atoms with E-state index in [-0.39, 0.29) is 10.8 Å². The van der Waals surface area contributed by atoms with Crippen LogP contribution in [-0.2, 0) is 5.41 Å². The number of nitrogens with zero attached hydrogens (tertiary/aromatic N) is 1. The highest BCUT2D eigenvalue weighted by molar-refractivity contribution is 7.80. The monoisotopic (exact) mass is 329 g/mol. The van der Waals surface area contributed by atoms with Crippen LogP contribution in [0.4, 0.5) is 5.69 Å². The maximum Gasteiger partial charge on any atom is 0.176 e. The fraction of sp³-hybridized carbons (Fsp3) is 0.474. The Labute approximate surface area is 145 Å². The van der Waals surface area contributed by atoms with Crippen LogP contribution >= 0.6 is 12.2 Å². The van der Waals surface area contributed by atoms with Gasteiger partial charge in [0.2, 0.25) is 0 Å². The normalized spacial score (nSPS) is 15.0. The van der Waals surface area contributed by atoms with Crippen molar-refractivity contribution in [3.8, 4) is 0 Å². The van der Waals surface area contributed by atoms with Gasteiger partial charge in [-0.1, -0.05) is 53.7 Å². The van der Waals surface area contributed by atoms with Gasteiger partial charge in [0.05, 0.1) is 6.54 Å². The fourth-order valence-corrected chi connectivity index (χ4v) is 2.51. The molecule has 0 atom stereocenters. The molecule has 2 rings (SSSR count). The van der Waals surface area contributed by atoms with E-state index in [1.54, 1.807) is 0 Å². The van der Waals surface area contributed by atoms with Crippen LogP contribution in [0.2, 0.25) is 0 Å². The van der Waals surface area contributed by atoms with Gasteiger partial charge in [-0.15, -0.1) is 0 Å². The zero-order valence-corrected chi connectivity index (χ0v) is 15.8. The Morgan fingerprint density at radius 2 is 1.57 bits per heavy atom. The third kappa shape index (κ3) is 4.90. The minimum Gasteiger partial charge on any atom is -0.332 e. The summed E-state index contributed by atoms with van der Waals surface area (Å²) in [4.78, 5) is 4.50. The van der Waals surface area contributed by atoms with Gasteiger partial charge in [0.1, 0.15) is 5.84 Å². The number of anilines is 1. The first-order chi connectivity index (χ1) is 10.6. The molecule has 1 aromatic carbocycles. The van der Waals surface area contributed by atoms with Gasteiger partial charge in [0.15, 0.2) is 5.11 Å². The van der Waals surface area contributed by atoms with Gasteiger partial charge in [-0.2, -0.15) is 0 Å². The van der Waals surface area contributed by atoms with Crippen molar-refractivity contribution in [2.24, 2.45) is 10.4 Å². The second-order valence-electron chi connectivity index (χ2n) is 8.03. The first kappa shape index (κ1) is 17.7. The second kappa shape index (κ2) is 6.44. The van der Waals surface area contributed by atoms with Crippen LogP contribution in [0.25, 0.3) is 0 Å². The Balaban J connectivity index is 1.95. The standard InChI is InChI=1S/C19H27N3S/c1-18(2,3)13-7-9-15(10-8-13)21-17(23)22-16-11-14(12-20-16)19(4,5)6/h7-11H,12H2,1-6H3,(H2,20,21,22,23). The van der Waals surface area contributed by atoms with Crippen LogP contribution in [0.5, 0.6) is 0 Å². The fourth-order valence-electron chi connectivity index (χ4n) is 2.29. The largest absolute Gasteiger partial charge is 0.332 e. The van der Waals surface area contributed by atoms with E-state index in [4.69, 9.17) is 12.2 Å². The molecule has 23 heavy (non-hydrogen) atoms. The first-order valence-corrected chi connectivity index (χ1v) is 8.40. The molecular formula is C19H27N3S. The van der Waals surface area contributed by atoms with Gasteiger partial charge in [-0.3, -0.25) is 4.99 Å². The van der Waals surface area contributed by atoms with E-state index >= 15 is 0 Å². The molecule has 0 amide bonds. The van der Waals surface area contributed by atoms with Crippen molar-refractivity contribution in [3.63, 3.8) is 0 Å². The number of thiocarbonyl (C=S) groups is 1. The van der Waals surface area contributed by atoms with Gasteiger partial charge < -0.3 is 10.6 Å². The molecule has 0 fully saturated rings. The summed E-state index contributed by atoms with van der Waals surface area (Å²) in [6.07, 6.45) is 2.09.